The number of fused-ring (bicyclic) bond motifs is 1. The van der Waals surface area contributed by atoms with Crippen molar-refractivity contribution < 1.29 is 0 Å². The van der Waals surface area contributed by atoms with E-state index in [1.54, 1.807) is 0 Å². The Kier molecular flexibility index (Phi) is 2.78. The highest BCUT2D eigenvalue weighted by Gasteiger charge is 2.17. The van der Waals surface area contributed by atoms with Crippen LogP contribution in [-0.4, -0.2) is 11.0 Å². The van der Waals surface area contributed by atoms with E-state index in [9.17, 15) is 0 Å². The lowest BCUT2D eigenvalue weighted by atomic mass is 9.94. The van der Waals surface area contributed by atoms with Crippen LogP contribution in [0.5, 0.6) is 0 Å². The number of nitrogens with zero attached hydrogens (tertiary/aromatic N) is 1. The van der Waals surface area contributed by atoms with Crippen LogP contribution in [0.1, 0.15) is 24.6 Å². The summed E-state index contributed by atoms with van der Waals surface area (Å²) in [7, 11) is 0. The average molecular weight is 238 g/mol. The highest BCUT2D eigenvalue weighted by molar-refractivity contribution is 5.79. The van der Waals surface area contributed by atoms with Crippen LogP contribution in [-0.2, 0) is 6.42 Å². The summed E-state index contributed by atoms with van der Waals surface area (Å²) in [5.41, 5.74) is 6.04. The van der Waals surface area contributed by atoms with E-state index in [0.717, 1.165) is 17.8 Å². The van der Waals surface area contributed by atoms with Crippen LogP contribution in [0.3, 0.4) is 0 Å². The van der Waals surface area contributed by atoms with Gasteiger partial charge < -0.3 is 5.32 Å². The van der Waals surface area contributed by atoms with Gasteiger partial charge in [-0.05, 0) is 44.4 Å². The number of pyridine rings is 1. The summed E-state index contributed by atoms with van der Waals surface area (Å²) in [6.45, 7) is 4.28. The number of hydrogen-bond donors (Lipinski definition) is 1. The highest BCUT2D eigenvalue weighted by Crippen LogP contribution is 2.34. The van der Waals surface area contributed by atoms with Crippen molar-refractivity contribution in [1.29, 1.82) is 0 Å². The second-order valence-electron chi connectivity index (χ2n) is 5.09. The fourth-order valence-electron chi connectivity index (χ4n) is 2.58. The van der Waals surface area contributed by atoms with E-state index in [4.69, 9.17) is 0 Å². The van der Waals surface area contributed by atoms with Crippen molar-refractivity contribution in [2.45, 2.75) is 32.7 Å². The fourth-order valence-corrected chi connectivity index (χ4v) is 2.58. The van der Waals surface area contributed by atoms with Crippen molar-refractivity contribution in [3.63, 3.8) is 0 Å². The molecule has 1 aliphatic heterocycles. The molecule has 2 heterocycles. The smallest absolute Gasteiger partial charge is 0.0726 e. The number of aryl methyl sites for hydroxylation is 2. The molecule has 1 aromatic heterocycles. The Morgan fingerprint density at radius 2 is 2.00 bits per heavy atom. The maximum atomic E-state index is 4.64. The summed E-state index contributed by atoms with van der Waals surface area (Å²) in [4.78, 5) is 4.64. The van der Waals surface area contributed by atoms with Gasteiger partial charge in [0.2, 0.25) is 0 Å². The molecule has 2 aromatic rings. The lowest BCUT2D eigenvalue weighted by molar-refractivity contribution is 0.681. The molecule has 0 saturated heterocycles. The molecule has 92 valence electrons. The SMILES string of the molecule is Cc1cccc(-c2cccc3c2N[C@@H](C)CC3)n1. The van der Waals surface area contributed by atoms with Gasteiger partial charge in [0.1, 0.15) is 0 Å². The van der Waals surface area contributed by atoms with Crippen LogP contribution < -0.4 is 5.32 Å². The molecule has 1 aromatic carbocycles. The number of benzene rings is 1. The molecule has 0 unspecified atom stereocenters. The quantitative estimate of drug-likeness (QED) is 0.817. The minimum absolute atomic E-state index is 0.545. The zero-order valence-corrected chi connectivity index (χ0v) is 10.9. The molecule has 1 atom stereocenters. The number of aromatic nitrogens is 1. The predicted octanol–water partition coefficient (Wildman–Crippen LogP) is 3.80. The Morgan fingerprint density at radius 3 is 2.83 bits per heavy atom. The van der Waals surface area contributed by atoms with Gasteiger partial charge in [-0.25, -0.2) is 0 Å². The van der Waals surface area contributed by atoms with Crippen LogP contribution in [0.2, 0.25) is 0 Å². The normalized spacial score (nSPS) is 18.0. The van der Waals surface area contributed by atoms with Gasteiger partial charge in [-0.15, -0.1) is 0 Å². The summed E-state index contributed by atoms with van der Waals surface area (Å²) in [5, 5.41) is 3.61. The minimum Gasteiger partial charge on any atom is -0.382 e. The van der Waals surface area contributed by atoms with Crippen LogP contribution in [0, 0.1) is 6.92 Å². The Hall–Kier alpha value is -1.83. The van der Waals surface area contributed by atoms with Crippen molar-refractivity contribution in [2.24, 2.45) is 0 Å². The highest BCUT2D eigenvalue weighted by atomic mass is 14.9. The topological polar surface area (TPSA) is 24.9 Å². The summed E-state index contributed by atoms with van der Waals surface area (Å²) in [6, 6.07) is 13.3. The molecule has 0 saturated carbocycles. The van der Waals surface area contributed by atoms with Gasteiger partial charge in [-0.1, -0.05) is 24.3 Å². The van der Waals surface area contributed by atoms with Gasteiger partial charge in [0, 0.05) is 23.0 Å². The zero-order chi connectivity index (χ0) is 12.5. The second kappa shape index (κ2) is 4.45. The number of nitrogens with one attached hydrogen (secondary N) is 1. The molecular weight excluding hydrogens is 220 g/mol. The standard InChI is InChI=1S/C16H18N2/c1-11-5-3-8-15(17-11)14-7-4-6-13-10-9-12(2)18-16(13)14/h3-8,12,18H,9-10H2,1-2H3/t12-/m0/s1. The van der Waals surface area contributed by atoms with E-state index in [0.29, 0.717) is 6.04 Å². The third-order valence-corrected chi connectivity index (χ3v) is 3.55. The molecular formula is C16H18N2. The van der Waals surface area contributed by atoms with E-state index in [1.807, 2.05) is 13.0 Å². The van der Waals surface area contributed by atoms with E-state index in [2.05, 4.69) is 47.6 Å². The van der Waals surface area contributed by atoms with Gasteiger partial charge in [0.25, 0.3) is 0 Å². The van der Waals surface area contributed by atoms with Crippen molar-refractivity contribution in [3.05, 3.63) is 47.7 Å². The van der Waals surface area contributed by atoms with Gasteiger partial charge >= 0.3 is 0 Å². The van der Waals surface area contributed by atoms with Crippen molar-refractivity contribution in [2.75, 3.05) is 5.32 Å². The summed E-state index contributed by atoms with van der Waals surface area (Å²) in [5.74, 6) is 0. The third-order valence-electron chi connectivity index (χ3n) is 3.55. The number of para-hydroxylation sites is 1. The number of rotatable bonds is 1. The molecule has 0 radical (unpaired) electrons. The molecule has 2 heteroatoms. The van der Waals surface area contributed by atoms with E-state index >= 15 is 0 Å². The number of hydrogen-bond acceptors (Lipinski definition) is 2. The van der Waals surface area contributed by atoms with Gasteiger partial charge in [0.05, 0.1) is 5.69 Å². The monoisotopic (exact) mass is 238 g/mol. The Morgan fingerprint density at radius 1 is 1.17 bits per heavy atom. The summed E-state index contributed by atoms with van der Waals surface area (Å²) < 4.78 is 0. The van der Waals surface area contributed by atoms with Crippen molar-refractivity contribution in [1.82, 2.24) is 4.98 Å². The zero-order valence-electron chi connectivity index (χ0n) is 10.9. The predicted molar refractivity (Wildman–Crippen MR) is 75.8 cm³/mol. The average Bonchev–Trinajstić information content (AvgIpc) is 2.38. The molecule has 0 spiro atoms. The molecule has 0 fully saturated rings. The van der Waals surface area contributed by atoms with E-state index in [-0.39, 0.29) is 0 Å². The first-order chi connectivity index (χ1) is 8.74. The lowest BCUT2D eigenvalue weighted by Gasteiger charge is -2.26. The lowest BCUT2D eigenvalue weighted by Crippen LogP contribution is -2.22. The molecule has 0 amide bonds. The Bertz CT molecular complexity index is 575. The van der Waals surface area contributed by atoms with Gasteiger partial charge in [-0.3, -0.25) is 4.98 Å². The van der Waals surface area contributed by atoms with Crippen molar-refractivity contribution in [3.8, 4) is 11.3 Å². The maximum absolute atomic E-state index is 4.64. The van der Waals surface area contributed by atoms with Gasteiger partial charge in [0.15, 0.2) is 0 Å². The maximum Gasteiger partial charge on any atom is 0.0726 e. The van der Waals surface area contributed by atoms with E-state index in [1.165, 1.54) is 23.2 Å². The van der Waals surface area contributed by atoms with Crippen molar-refractivity contribution >= 4 is 5.69 Å². The summed E-state index contributed by atoms with van der Waals surface area (Å²) >= 11 is 0. The Labute approximate surface area is 108 Å². The molecule has 18 heavy (non-hydrogen) atoms. The van der Waals surface area contributed by atoms with Crippen LogP contribution >= 0.6 is 0 Å². The molecule has 1 aliphatic rings. The first-order valence-electron chi connectivity index (χ1n) is 6.56. The molecule has 0 aliphatic carbocycles. The third kappa shape index (κ3) is 1.99. The first-order valence-corrected chi connectivity index (χ1v) is 6.56. The fraction of sp³-hybridized carbons (Fsp3) is 0.312. The van der Waals surface area contributed by atoms with E-state index < -0.39 is 0 Å². The molecule has 1 N–H and O–H groups in total. The summed E-state index contributed by atoms with van der Waals surface area (Å²) in [6.07, 6.45) is 2.36. The van der Waals surface area contributed by atoms with Gasteiger partial charge in [-0.2, -0.15) is 0 Å². The minimum atomic E-state index is 0.545. The largest absolute Gasteiger partial charge is 0.382 e. The molecule has 0 bridgehead atoms. The Balaban J connectivity index is 2.13. The molecule has 2 nitrogen and oxygen atoms in total. The molecule has 3 rings (SSSR count). The number of anilines is 1. The van der Waals surface area contributed by atoms with Crippen LogP contribution in [0.15, 0.2) is 36.4 Å². The van der Waals surface area contributed by atoms with Crippen LogP contribution in [0.25, 0.3) is 11.3 Å². The first kappa shape index (κ1) is 11.3. The van der Waals surface area contributed by atoms with Crippen LogP contribution in [0.4, 0.5) is 5.69 Å². The second-order valence-corrected chi connectivity index (χ2v) is 5.09.